The van der Waals surface area contributed by atoms with Crippen LogP contribution in [0.1, 0.15) is 12.0 Å². The largest absolute Gasteiger partial charge is 0.375 e. The van der Waals surface area contributed by atoms with E-state index >= 15 is 0 Å². The zero-order valence-electron chi connectivity index (χ0n) is 12.1. The zero-order chi connectivity index (χ0) is 13.5. The van der Waals surface area contributed by atoms with Crippen molar-refractivity contribution in [3.05, 3.63) is 35.9 Å². The van der Waals surface area contributed by atoms with Crippen LogP contribution < -0.4 is 0 Å². The summed E-state index contributed by atoms with van der Waals surface area (Å²) in [7, 11) is 0. The molecule has 21 heavy (non-hydrogen) atoms. The molecule has 0 unspecified atom stereocenters. The molecule has 5 aliphatic carbocycles. The molecule has 1 aromatic rings. The summed E-state index contributed by atoms with van der Waals surface area (Å²) in [6.07, 6.45) is 2.58. The Morgan fingerprint density at radius 1 is 1.00 bits per heavy atom. The van der Waals surface area contributed by atoms with E-state index in [9.17, 15) is 5.11 Å². The van der Waals surface area contributed by atoms with E-state index in [1.165, 1.54) is 12.0 Å². The summed E-state index contributed by atoms with van der Waals surface area (Å²) < 4.78 is 0. The lowest BCUT2D eigenvalue weighted by molar-refractivity contribution is -0.130. The second kappa shape index (κ2) is 2.96. The lowest BCUT2D eigenvalue weighted by atomic mass is 9.59. The van der Waals surface area contributed by atoms with Crippen LogP contribution in [0.25, 0.3) is 0 Å². The van der Waals surface area contributed by atoms with Gasteiger partial charge in [-0.2, -0.15) is 0 Å². The van der Waals surface area contributed by atoms with E-state index < -0.39 is 0 Å². The van der Waals surface area contributed by atoms with Gasteiger partial charge in [0.15, 0.2) is 0 Å². The first kappa shape index (κ1) is 10.8. The van der Waals surface area contributed by atoms with Gasteiger partial charge in [0.1, 0.15) is 5.72 Å². The Balaban J connectivity index is 1.27. The summed E-state index contributed by atoms with van der Waals surface area (Å²) in [6, 6.07) is 11.6. The summed E-state index contributed by atoms with van der Waals surface area (Å²) in [5.74, 6) is 6.96. The van der Waals surface area contributed by atoms with Crippen molar-refractivity contribution in [2.45, 2.75) is 24.6 Å². The quantitative estimate of drug-likeness (QED) is 0.914. The van der Waals surface area contributed by atoms with E-state index in [4.69, 9.17) is 0 Å². The minimum Gasteiger partial charge on any atom is -0.375 e. The van der Waals surface area contributed by atoms with Gasteiger partial charge < -0.3 is 5.11 Å². The summed E-state index contributed by atoms with van der Waals surface area (Å²) in [6.45, 7) is 1.07. The first-order valence-corrected chi connectivity index (χ1v) is 8.85. The van der Waals surface area contributed by atoms with Crippen LogP contribution in [0.4, 0.5) is 0 Å². The normalized spacial score (nSPS) is 63.2. The number of nitrogens with zero attached hydrogens (tertiary/aromatic N) is 1. The van der Waals surface area contributed by atoms with Gasteiger partial charge in [0, 0.05) is 24.4 Å². The lowest BCUT2D eigenvalue weighted by Crippen LogP contribution is -2.51. The van der Waals surface area contributed by atoms with Crippen LogP contribution in [0.2, 0.25) is 0 Å². The van der Waals surface area contributed by atoms with Crippen LogP contribution in [0.5, 0.6) is 0 Å². The van der Waals surface area contributed by atoms with E-state index in [0.29, 0.717) is 11.8 Å². The molecule has 5 saturated carbocycles. The average molecular weight is 279 g/mol. The van der Waals surface area contributed by atoms with Gasteiger partial charge >= 0.3 is 0 Å². The number of hydrogen-bond acceptors (Lipinski definition) is 2. The van der Waals surface area contributed by atoms with Gasteiger partial charge in [0.05, 0.1) is 0 Å². The second-order valence-corrected chi connectivity index (χ2v) is 8.63. The molecular formula is C19H21NO. The Labute approximate surface area is 125 Å². The molecule has 2 heterocycles. The molecule has 1 N–H and O–H groups in total. The minimum absolute atomic E-state index is 0.383. The maximum atomic E-state index is 11.6. The van der Waals surface area contributed by atoms with Gasteiger partial charge in [0.25, 0.3) is 0 Å². The van der Waals surface area contributed by atoms with Crippen molar-refractivity contribution in [3.63, 3.8) is 0 Å². The lowest BCUT2D eigenvalue weighted by Gasteiger charge is -2.45. The van der Waals surface area contributed by atoms with Crippen LogP contribution in [0.3, 0.4) is 0 Å². The fourth-order valence-electron chi connectivity index (χ4n) is 8.76. The predicted octanol–water partition coefficient (Wildman–Crippen LogP) is 1.99. The SMILES string of the molecule is O[C@@]12[C@@H]3[C@@H]4[C@H]5C[C@H]6[C@@H]4[C@@H]3[C@H]([C@H]6[C@H]51)N2CCc1ccccc1. The van der Waals surface area contributed by atoms with Crippen molar-refractivity contribution in [1.29, 1.82) is 0 Å². The molecule has 1 aromatic carbocycles. The van der Waals surface area contributed by atoms with Crippen molar-refractivity contribution in [2.75, 3.05) is 6.54 Å². The number of hydrogen-bond donors (Lipinski definition) is 1. The first-order chi connectivity index (χ1) is 10.3. The second-order valence-electron chi connectivity index (χ2n) is 8.63. The first-order valence-electron chi connectivity index (χ1n) is 8.85. The zero-order valence-corrected chi connectivity index (χ0v) is 12.1. The van der Waals surface area contributed by atoms with Crippen LogP contribution in [-0.4, -0.2) is 28.3 Å². The molecule has 0 spiro atoms. The molecule has 7 fully saturated rings. The molecule has 2 saturated heterocycles. The van der Waals surface area contributed by atoms with Crippen molar-refractivity contribution < 1.29 is 5.11 Å². The molecule has 0 amide bonds. The third-order valence-electron chi connectivity index (χ3n) is 8.70. The molecule has 2 aliphatic heterocycles. The Morgan fingerprint density at radius 3 is 2.71 bits per heavy atom. The standard InChI is InChI=1S/C19H21NO/c21-19-16-11-8-10-12-13(11)17(19)15(12)18(14(10)16)20(19)7-6-9-4-2-1-3-5-9/h1-5,10-18,21H,6-8H2/t10-,11+,12-,13+,14+,15-,16-,17+,18-,19+/m0/s1. The summed E-state index contributed by atoms with van der Waals surface area (Å²) >= 11 is 0. The highest BCUT2D eigenvalue weighted by Gasteiger charge is 2.93. The molecule has 0 aromatic heterocycles. The van der Waals surface area contributed by atoms with Crippen LogP contribution >= 0.6 is 0 Å². The molecule has 108 valence electrons. The van der Waals surface area contributed by atoms with Gasteiger partial charge in [-0.15, -0.1) is 0 Å². The summed E-state index contributed by atoms with van der Waals surface area (Å²) in [5, 5.41) is 11.6. The van der Waals surface area contributed by atoms with Gasteiger partial charge in [-0.05, 0) is 53.9 Å². The maximum absolute atomic E-state index is 11.6. The Kier molecular flexibility index (Phi) is 1.52. The van der Waals surface area contributed by atoms with Crippen molar-refractivity contribution >= 4 is 0 Å². The number of rotatable bonds is 3. The van der Waals surface area contributed by atoms with Gasteiger partial charge in [-0.1, -0.05) is 30.3 Å². The topological polar surface area (TPSA) is 23.5 Å². The van der Waals surface area contributed by atoms with Crippen molar-refractivity contribution in [2.24, 2.45) is 47.3 Å². The van der Waals surface area contributed by atoms with Crippen molar-refractivity contribution in [1.82, 2.24) is 4.90 Å². The van der Waals surface area contributed by atoms with E-state index in [1.54, 1.807) is 0 Å². The predicted molar refractivity (Wildman–Crippen MR) is 78.1 cm³/mol. The third kappa shape index (κ3) is 0.833. The van der Waals surface area contributed by atoms with Crippen LogP contribution in [0.15, 0.2) is 30.3 Å². The van der Waals surface area contributed by atoms with E-state index in [-0.39, 0.29) is 5.72 Å². The smallest absolute Gasteiger partial charge is 0.125 e. The average Bonchev–Trinajstić information content (AvgIpc) is 3.10. The highest BCUT2D eigenvalue weighted by molar-refractivity contribution is 5.40. The summed E-state index contributed by atoms with van der Waals surface area (Å²) in [4.78, 5) is 2.59. The fourth-order valence-corrected chi connectivity index (χ4v) is 8.76. The summed E-state index contributed by atoms with van der Waals surface area (Å²) in [5.41, 5.74) is 1.04. The maximum Gasteiger partial charge on any atom is 0.125 e. The molecule has 7 aliphatic rings. The molecule has 8 rings (SSSR count). The monoisotopic (exact) mass is 279 g/mol. The van der Waals surface area contributed by atoms with E-state index in [1.807, 2.05) is 0 Å². The molecular weight excluding hydrogens is 258 g/mol. The Bertz CT molecular complexity index is 659. The van der Waals surface area contributed by atoms with Crippen LogP contribution in [-0.2, 0) is 6.42 Å². The van der Waals surface area contributed by atoms with Crippen molar-refractivity contribution in [3.8, 4) is 0 Å². The highest BCUT2D eigenvalue weighted by Crippen LogP contribution is 2.90. The minimum atomic E-state index is -0.383. The third-order valence-corrected chi connectivity index (χ3v) is 8.70. The van der Waals surface area contributed by atoms with E-state index in [2.05, 4.69) is 35.2 Å². The Hall–Kier alpha value is -0.860. The molecule has 2 nitrogen and oxygen atoms in total. The Morgan fingerprint density at radius 2 is 1.86 bits per heavy atom. The van der Waals surface area contributed by atoms with E-state index in [0.717, 1.165) is 54.5 Å². The van der Waals surface area contributed by atoms with Gasteiger partial charge in [-0.25, -0.2) is 0 Å². The highest BCUT2D eigenvalue weighted by atomic mass is 16.3. The van der Waals surface area contributed by atoms with Gasteiger partial charge in [0.2, 0.25) is 0 Å². The molecule has 10 atom stereocenters. The van der Waals surface area contributed by atoms with Gasteiger partial charge in [-0.3, -0.25) is 4.90 Å². The molecule has 4 bridgehead atoms. The molecule has 2 heteroatoms. The van der Waals surface area contributed by atoms with Crippen LogP contribution in [0, 0.1) is 47.3 Å². The number of benzene rings is 1. The fraction of sp³-hybridized carbons (Fsp3) is 0.684. The molecule has 0 radical (unpaired) electrons. The number of aliphatic hydroxyl groups is 1.